The van der Waals surface area contributed by atoms with Crippen molar-refractivity contribution in [3.8, 4) is 0 Å². The summed E-state index contributed by atoms with van der Waals surface area (Å²) in [5.74, 6) is -1.06. The highest BCUT2D eigenvalue weighted by Crippen LogP contribution is 2.23. The number of carbonyl (C=O) groups is 1. The zero-order valence-electron chi connectivity index (χ0n) is 10.1. The summed E-state index contributed by atoms with van der Waals surface area (Å²) in [6.07, 6.45) is 1.86. The van der Waals surface area contributed by atoms with Gasteiger partial charge >= 0.3 is 5.97 Å². The van der Waals surface area contributed by atoms with Crippen LogP contribution in [-0.4, -0.2) is 67.0 Å². The number of rotatable bonds is 3. The first-order valence-electron chi connectivity index (χ1n) is 6.11. The van der Waals surface area contributed by atoms with Gasteiger partial charge in [0, 0.05) is 19.6 Å². The Balaban J connectivity index is 2.18. The Bertz CT molecular complexity index is 404. The van der Waals surface area contributed by atoms with Gasteiger partial charge in [0.2, 0.25) is 0 Å². The van der Waals surface area contributed by atoms with Crippen molar-refractivity contribution >= 4 is 16.2 Å². The van der Waals surface area contributed by atoms with Crippen LogP contribution in [0.3, 0.4) is 0 Å². The fourth-order valence-corrected chi connectivity index (χ4v) is 4.14. The summed E-state index contributed by atoms with van der Waals surface area (Å²) in [4.78, 5) is 11.1. The molecular formula is C10H18N2O5S. The Hall–Kier alpha value is -0.700. The lowest BCUT2D eigenvalue weighted by Crippen LogP contribution is -2.55. The Morgan fingerprint density at radius 2 is 1.83 bits per heavy atom. The maximum absolute atomic E-state index is 12.4. The second kappa shape index (κ2) is 5.52. The molecule has 2 rings (SSSR count). The van der Waals surface area contributed by atoms with E-state index in [9.17, 15) is 13.2 Å². The highest BCUT2D eigenvalue weighted by molar-refractivity contribution is 7.86. The lowest BCUT2D eigenvalue weighted by molar-refractivity contribution is -0.142. The van der Waals surface area contributed by atoms with E-state index in [1.165, 1.54) is 4.31 Å². The summed E-state index contributed by atoms with van der Waals surface area (Å²) in [6, 6.07) is -0.924. The van der Waals surface area contributed by atoms with Gasteiger partial charge in [-0.15, -0.1) is 0 Å². The maximum atomic E-state index is 12.4. The van der Waals surface area contributed by atoms with Crippen LogP contribution in [0.1, 0.15) is 19.3 Å². The molecule has 0 unspecified atom stereocenters. The van der Waals surface area contributed by atoms with Gasteiger partial charge in [-0.25, -0.2) is 0 Å². The van der Waals surface area contributed by atoms with Gasteiger partial charge in [0.05, 0.1) is 13.2 Å². The summed E-state index contributed by atoms with van der Waals surface area (Å²) in [5, 5.41) is 9.12. The minimum Gasteiger partial charge on any atom is -0.480 e. The zero-order chi connectivity index (χ0) is 13.2. The fourth-order valence-electron chi connectivity index (χ4n) is 2.35. The maximum Gasteiger partial charge on any atom is 0.322 e. The highest BCUT2D eigenvalue weighted by atomic mass is 32.2. The van der Waals surface area contributed by atoms with Gasteiger partial charge in [-0.2, -0.15) is 17.0 Å². The molecule has 0 aliphatic carbocycles. The van der Waals surface area contributed by atoms with Crippen molar-refractivity contribution in [3.05, 3.63) is 0 Å². The third kappa shape index (κ3) is 2.66. The van der Waals surface area contributed by atoms with E-state index in [1.807, 2.05) is 0 Å². The van der Waals surface area contributed by atoms with Crippen LogP contribution in [0.25, 0.3) is 0 Å². The minimum absolute atomic E-state index is 0.288. The SMILES string of the molecule is O=C(O)[C@@H]1CCCCN1S(=O)(=O)N1CCOCC1. The quantitative estimate of drug-likeness (QED) is 0.752. The lowest BCUT2D eigenvalue weighted by atomic mass is 10.1. The van der Waals surface area contributed by atoms with Crippen LogP contribution in [0.5, 0.6) is 0 Å². The number of carboxylic acid groups (broad SMARTS) is 1. The molecule has 0 radical (unpaired) electrons. The Morgan fingerprint density at radius 3 is 2.44 bits per heavy atom. The van der Waals surface area contributed by atoms with Crippen LogP contribution >= 0.6 is 0 Å². The molecule has 8 heteroatoms. The molecule has 2 aliphatic heterocycles. The van der Waals surface area contributed by atoms with Gasteiger partial charge in [0.25, 0.3) is 10.2 Å². The first kappa shape index (κ1) is 13.7. The van der Waals surface area contributed by atoms with Crippen molar-refractivity contribution in [3.63, 3.8) is 0 Å². The highest BCUT2D eigenvalue weighted by Gasteiger charge is 2.40. The summed E-state index contributed by atoms with van der Waals surface area (Å²) >= 11 is 0. The van der Waals surface area contributed by atoms with Crippen molar-refractivity contribution in [2.24, 2.45) is 0 Å². The monoisotopic (exact) mass is 278 g/mol. The molecule has 2 fully saturated rings. The smallest absolute Gasteiger partial charge is 0.322 e. The van der Waals surface area contributed by atoms with E-state index in [4.69, 9.17) is 9.84 Å². The number of hydrogen-bond donors (Lipinski definition) is 1. The number of nitrogens with zero attached hydrogens (tertiary/aromatic N) is 2. The molecule has 1 N–H and O–H groups in total. The van der Waals surface area contributed by atoms with Gasteiger partial charge in [0.15, 0.2) is 0 Å². The summed E-state index contributed by atoms with van der Waals surface area (Å²) in [6.45, 7) is 1.61. The molecule has 0 aromatic carbocycles. The van der Waals surface area contributed by atoms with E-state index < -0.39 is 22.2 Å². The van der Waals surface area contributed by atoms with Crippen molar-refractivity contribution in [2.75, 3.05) is 32.8 Å². The van der Waals surface area contributed by atoms with Crippen molar-refractivity contribution in [1.29, 1.82) is 0 Å². The van der Waals surface area contributed by atoms with Crippen molar-refractivity contribution < 1.29 is 23.1 Å². The molecule has 0 bridgehead atoms. The average molecular weight is 278 g/mol. The predicted molar refractivity (Wildman–Crippen MR) is 63.3 cm³/mol. The molecule has 2 aliphatic rings. The Morgan fingerprint density at radius 1 is 1.17 bits per heavy atom. The van der Waals surface area contributed by atoms with E-state index in [0.717, 1.165) is 10.7 Å². The fraction of sp³-hybridized carbons (Fsp3) is 0.900. The van der Waals surface area contributed by atoms with E-state index in [1.54, 1.807) is 0 Å². The molecule has 0 spiro atoms. The third-order valence-electron chi connectivity index (χ3n) is 3.33. The molecule has 104 valence electrons. The number of piperidine rings is 1. The first-order chi connectivity index (χ1) is 8.53. The molecule has 1 atom stereocenters. The molecule has 2 saturated heterocycles. The van der Waals surface area contributed by atoms with E-state index >= 15 is 0 Å². The molecule has 0 saturated carbocycles. The van der Waals surface area contributed by atoms with Gasteiger partial charge in [-0.3, -0.25) is 4.79 Å². The minimum atomic E-state index is -3.67. The molecule has 2 heterocycles. The van der Waals surface area contributed by atoms with Gasteiger partial charge in [-0.1, -0.05) is 0 Å². The van der Waals surface area contributed by atoms with E-state index in [2.05, 4.69) is 0 Å². The lowest BCUT2D eigenvalue weighted by Gasteiger charge is -2.37. The van der Waals surface area contributed by atoms with Gasteiger partial charge in [0.1, 0.15) is 6.04 Å². The van der Waals surface area contributed by atoms with Gasteiger partial charge < -0.3 is 9.84 Å². The molecular weight excluding hydrogens is 260 g/mol. The standard InChI is InChI=1S/C10H18N2O5S/c13-10(14)9-3-1-2-4-12(9)18(15,16)11-5-7-17-8-6-11/h9H,1-8H2,(H,13,14)/t9-/m0/s1. The van der Waals surface area contributed by atoms with Crippen LogP contribution in [-0.2, 0) is 19.7 Å². The predicted octanol–water partition coefficient (Wildman–Crippen LogP) is -0.497. The second-order valence-corrected chi connectivity index (χ2v) is 6.36. The summed E-state index contributed by atoms with van der Waals surface area (Å²) < 4.78 is 32.3. The van der Waals surface area contributed by atoms with Crippen LogP contribution in [0.4, 0.5) is 0 Å². The number of morpholine rings is 1. The first-order valence-corrected chi connectivity index (χ1v) is 7.50. The second-order valence-electron chi connectivity index (χ2n) is 4.48. The summed E-state index contributed by atoms with van der Waals surface area (Å²) in [7, 11) is -3.67. The van der Waals surface area contributed by atoms with Crippen LogP contribution in [0.2, 0.25) is 0 Å². The van der Waals surface area contributed by atoms with Crippen LogP contribution in [0.15, 0.2) is 0 Å². The van der Waals surface area contributed by atoms with Crippen molar-refractivity contribution in [1.82, 2.24) is 8.61 Å². The third-order valence-corrected chi connectivity index (χ3v) is 5.38. The van der Waals surface area contributed by atoms with Crippen molar-refractivity contribution in [2.45, 2.75) is 25.3 Å². The summed E-state index contributed by atoms with van der Waals surface area (Å²) in [5.41, 5.74) is 0. The van der Waals surface area contributed by atoms with E-state index in [0.29, 0.717) is 39.1 Å². The van der Waals surface area contributed by atoms with E-state index in [-0.39, 0.29) is 6.54 Å². The Kier molecular flexibility index (Phi) is 4.21. The molecule has 0 aromatic heterocycles. The Labute approximate surface area is 106 Å². The molecule has 0 aromatic rings. The largest absolute Gasteiger partial charge is 0.480 e. The number of carboxylic acids is 1. The molecule has 0 amide bonds. The number of ether oxygens (including phenoxy) is 1. The zero-order valence-corrected chi connectivity index (χ0v) is 10.9. The van der Waals surface area contributed by atoms with Gasteiger partial charge in [-0.05, 0) is 19.3 Å². The van der Waals surface area contributed by atoms with Crippen LogP contribution < -0.4 is 0 Å². The topological polar surface area (TPSA) is 87.2 Å². The molecule has 18 heavy (non-hydrogen) atoms. The van der Waals surface area contributed by atoms with Crippen LogP contribution in [0, 0.1) is 0 Å². The normalized spacial score (nSPS) is 28.1. The average Bonchev–Trinajstić information content (AvgIpc) is 2.39. The number of aliphatic carboxylic acids is 1. The molecule has 7 nitrogen and oxygen atoms in total. The number of hydrogen-bond acceptors (Lipinski definition) is 4.